The largest absolute Gasteiger partial charge is 0.313 e. The molecule has 0 saturated carbocycles. The fourth-order valence-electron chi connectivity index (χ4n) is 2.36. The number of hydrogen-bond acceptors (Lipinski definition) is 1. The van der Waals surface area contributed by atoms with Crippen LogP contribution in [0.4, 0.5) is 0 Å². The molecule has 1 aromatic rings. The van der Waals surface area contributed by atoms with Gasteiger partial charge in [0.1, 0.15) is 0 Å². The van der Waals surface area contributed by atoms with Crippen molar-refractivity contribution in [1.82, 2.24) is 5.32 Å². The summed E-state index contributed by atoms with van der Waals surface area (Å²) in [4.78, 5) is 0. The van der Waals surface area contributed by atoms with E-state index < -0.39 is 0 Å². The third-order valence-electron chi connectivity index (χ3n) is 3.33. The lowest BCUT2D eigenvalue weighted by Crippen LogP contribution is -2.35. The molecule has 1 N–H and O–H groups in total. The minimum absolute atomic E-state index is 0.661. The lowest BCUT2D eigenvalue weighted by Gasteiger charge is -2.25. The molecule has 0 aliphatic heterocycles. The molecule has 16 heavy (non-hydrogen) atoms. The number of rotatable bonds is 4. The van der Waals surface area contributed by atoms with Gasteiger partial charge in [-0.05, 0) is 50.3 Å². The van der Waals surface area contributed by atoms with Crippen LogP contribution in [0.15, 0.2) is 36.4 Å². The fourth-order valence-corrected chi connectivity index (χ4v) is 2.36. The van der Waals surface area contributed by atoms with E-state index in [4.69, 9.17) is 0 Å². The Labute approximate surface area is 98.6 Å². The molecule has 1 atom stereocenters. The second kappa shape index (κ2) is 5.31. The Kier molecular flexibility index (Phi) is 3.79. The van der Waals surface area contributed by atoms with Crippen LogP contribution < -0.4 is 5.32 Å². The van der Waals surface area contributed by atoms with Crippen molar-refractivity contribution >= 4 is 0 Å². The maximum absolute atomic E-state index is 3.93. The third kappa shape index (κ3) is 2.96. The molecule has 86 valence electrons. The molecule has 0 amide bonds. The molecule has 2 rings (SSSR count). The number of benzene rings is 1. The summed E-state index contributed by atoms with van der Waals surface area (Å²) in [5.74, 6) is 0. The molecule has 0 fully saturated rings. The molecule has 0 aromatic heterocycles. The van der Waals surface area contributed by atoms with Crippen LogP contribution in [0.3, 0.4) is 0 Å². The smallest absolute Gasteiger partial charge is 0.0111 e. The Morgan fingerprint density at radius 1 is 1.38 bits per heavy atom. The average Bonchev–Trinajstić information content (AvgIpc) is 2.28. The van der Waals surface area contributed by atoms with Crippen molar-refractivity contribution in [2.24, 2.45) is 0 Å². The number of hydrogen-bond donors (Lipinski definition) is 1. The van der Waals surface area contributed by atoms with Crippen LogP contribution in [0.2, 0.25) is 0 Å². The van der Waals surface area contributed by atoms with E-state index in [0.29, 0.717) is 6.04 Å². The van der Waals surface area contributed by atoms with Crippen molar-refractivity contribution in [3.8, 4) is 0 Å². The second-order valence-electron chi connectivity index (χ2n) is 4.87. The highest BCUT2D eigenvalue weighted by Crippen LogP contribution is 2.20. The molecular weight excluding hydrogens is 194 g/mol. The summed E-state index contributed by atoms with van der Waals surface area (Å²) < 4.78 is 0. The van der Waals surface area contributed by atoms with Crippen LogP contribution in [0.5, 0.6) is 0 Å². The van der Waals surface area contributed by atoms with Crippen molar-refractivity contribution in [3.63, 3.8) is 0 Å². The molecule has 1 aromatic carbocycles. The zero-order valence-corrected chi connectivity index (χ0v) is 10.1. The normalized spacial score (nSPS) is 19.2. The first-order valence-corrected chi connectivity index (χ1v) is 6.20. The maximum Gasteiger partial charge on any atom is 0.0111 e. The van der Waals surface area contributed by atoms with E-state index in [0.717, 1.165) is 13.0 Å². The lowest BCUT2D eigenvalue weighted by molar-refractivity contribution is 0.461. The molecule has 0 radical (unpaired) electrons. The Hall–Kier alpha value is -1.08. The third-order valence-corrected chi connectivity index (χ3v) is 3.33. The molecule has 0 bridgehead atoms. The van der Waals surface area contributed by atoms with E-state index in [2.05, 4.69) is 43.1 Å². The van der Waals surface area contributed by atoms with Crippen molar-refractivity contribution in [2.75, 3.05) is 6.54 Å². The summed E-state index contributed by atoms with van der Waals surface area (Å²) in [6.07, 6.45) is 4.78. The van der Waals surface area contributed by atoms with Gasteiger partial charge in [0.2, 0.25) is 0 Å². The molecule has 1 nitrogen and oxygen atoms in total. The first kappa shape index (κ1) is 11.4. The summed E-state index contributed by atoms with van der Waals surface area (Å²) in [6, 6.07) is 9.48. The summed E-state index contributed by atoms with van der Waals surface area (Å²) in [5.41, 5.74) is 4.34. The van der Waals surface area contributed by atoms with E-state index in [1.54, 1.807) is 5.56 Å². The van der Waals surface area contributed by atoms with Crippen molar-refractivity contribution in [1.29, 1.82) is 0 Å². The Balaban J connectivity index is 1.86. The van der Waals surface area contributed by atoms with E-state index in [-0.39, 0.29) is 0 Å². The number of aryl methyl sites for hydroxylation is 1. The Morgan fingerprint density at radius 3 is 2.88 bits per heavy atom. The number of nitrogens with one attached hydrogen (secondary N) is 1. The monoisotopic (exact) mass is 215 g/mol. The van der Waals surface area contributed by atoms with E-state index in [1.165, 1.54) is 30.4 Å². The molecule has 0 saturated heterocycles. The molecule has 1 aliphatic rings. The van der Waals surface area contributed by atoms with Gasteiger partial charge in [-0.25, -0.2) is 0 Å². The van der Waals surface area contributed by atoms with Gasteiger partial charge in [-0.2, -0.15) is 0 Å². The standard InChI is InChI=1S/C15H21N/c1-12(2)9-10-16-15-8-7-13-5-3-4-6-14(13)11-15/h3-6,15-16H,1,7-11H2,2H3. The van der Waals surface area contributed by atoms with Gasteiger partial charge in [-0.3, -0.25) is 0 Å². The Morgan fingerprint density at radius 2 is 2.12 bits per heavy atom. The summed E-state index contributed by atoms with van der Waals surface area (Å²) in [7, 11) is 0. The van der Waals surface area contributed by atoms with Gasteiger partial charge in [0, 0.05) is 6.04 Å². The zero-order valence-electron chi connectivity index (χ0n) is 10.1. The van der Waals surface area contributed by atoms with Crippen molar-refractivity contribution < 1.29 is 0 Å². The average molecular weight is 215 g/mol. The van der Waals surface area contributed by atoms with Crippen LogP contribution >= 0.6 is 0 Å². The molecular formula is C15H21N. The minimum Gasteiger partial charge on any atom is -0.313 e. The highest BCUT2D eigenvalue weighted by Gasteiger charge is 2.16. The predicted octanol–water partition coefficient (Wildman–Crippen LogP) is 3.10. The van der Waals surface area contributed by atoms with Crippen LogP contribution in [-0.4, -0.2) is 12.6 Å². The van der Waals surface area contributed by atoms with Crippen LogP contribution in [0.1, 0.15) is 30.9 Å². The SMILES string of the molecule is C=C(C)CCNC1CCc2ccccc2C1. The zero-order chi connectivity index (χ0) is 11.4. The van der Waals surface area contributed by atoms with Gasteiger partial charge in [-0.1, -0.05) is 29.8 Å². The van der Waals surface area contributed by atoms with Gasteiger partial charge in [-0.15, -0.1) is 6.58 Å². The first-order chi connectivity index (χ1) is 7.75. The Bertz CT molecular complexity index is 367. The summed E-state index contributed by atoms with van der Waals surface area (Å²) in [6.45, 7) is 7.10. The van der Waals surface area contributed by atoms with Crippen LogP contribution in [0, 0.1) is 0 Å². The quantitative estimate of drug-likeness (QED) is 0.761. The first-order valence-electron chi connectivity index (χ1n) is 6.20. The van der Waals surface area contributed by atoms with Crippen LogP contribution in [-0.2, 0) is 12.8 Å². The van der Waals surface area contributed by atoms with Crippen LogP contribution in [0.25, 0.3) is 0 Å². The fraction of sp³-hybridized carbons (Fsp3) is 0.467. The topological polar surface area (TPSA) is 12.0 Å². The van der Waals surface area contributed by atoms with Gasteiger partial charge >= 0.3 is 0 Å². The van der Waals surface area contributed by atoms with Crippen molar-refractivity contribution in [2.45, 2.75) is 38.6 Å². The highest BCUT2D eigenvalue weighted by molar-refractivity contribution is 5.30. The summed E-state index contributed by atoms with van der Waals surface area (Å²) in [5, 5.41) is 3.63. The van der Waals surface area contributed by atoms with Gasteiger partial charge in [0.25, 0.3) is 0 Å². The lowest BCUT2D eigenvalue weighted by atomic mass is 9.88. The van der Waals surface area contributed by atoms with E-state index in [1.807, 2.05) is 0 Å². The molecule has 0 spiro atoms. The highest BCUT2D eigenvalue weighted by atomic mass is 14.9. The van der Waals surface area contributed by atoms with Crippen molar-refractivity contribution in [3.05, 3.63) is 47.5 Å². The molecule has 1 unspecified atom stereocenters. The maximum atomic E-state index is 3.93. The van der Waals surface area contributed by atoms with E-state index >= 15 is 0 Å². The number of fused-ring (bicyclic) bond motifs is 1. The predicted molar refractivity (Wildman–Crippen MR) is 69.7 cm³/mol. The molecule has 1 aliphatic carbocycles. The second-order valence-corrected chi connectivity index (χ2v) is 4.87. The summed E-state index contributed by atoms with van der Waals surface area (Å²) >= 11 is 0. The van der Waals surface area contributed by atoms with Gasteiger partial charge in [0.05, 0.1) is 0 Å². The van der Waals surface area contributed by atoms with Gasteiger partial charge in [0.15, 0.2) is 0 Å². The molecule has 1 heteroatoms. The minimum atomic E-state index is 0.661. The van der Waals surface area contributed by atoms with Gasteiger partial charge < -0.3 is 5.32 Å². The van der Waals surface area contributed by atoms with E-state index in [9.17, 15) is 0 Å². The molecule has 0 heterocycles.